The van der Waals surface area contributed by atoms with Gasteiger partial charge in [-0.1, -0.05) is 31.6 Å². The smallest absolute Gasteiger partial charge is 0.143 e. The van der Waals surface area contributed by atoms with Crippen molar-refractivity contribution in [1.29, 1.82) is 0 Å². The average molecular weight is 190 g/mol. The Labute approximate surface area is 86.2 Å². The Kier molecular flexibility index (Phi) is 3.10. The van der Waals surface area contributed by atoms with Crippen LogP contribution in [0.1, 0.15) is 34.1 Å². The van der Waals surface area contributed by atoms with Gasteiger partial charge in [-0.15, -0.1) is 0 Å². The molecule has 0 unspecified atom stereocenters. The minimum atomic E-state index is 0.214. The average Bonchev–Trinajstić information content (AvgIpc) is 2.00. The maximum absolute atomic E-state index is 10.4. The Morgan fingerprint density at radius 2 is 2.14 bits per heavy atom. The summed E-state index contributed by atoms with van der Waals surface area (Å²) in [6, 6.07) is 0. The van der Waals surface area contributed by atoms with Crippen LogP contribution in [0.3, 0.4) is 0 Å². The van der Waals surface area contributed by atoms with Crippen LogP contribution in [0.5, 0.6) is 0 Å². The fourth-order valence-corrected chi connectivity index (χ4v) is 1.99. The highest BCUT2D eigenvalue weighted by molar-refractivity contribution is 5.68. The molecule has 0 aromatic carbocycles. The minimum absolute atomic E-state index is 0.214. The van der Waals surface area contributed by atoms with Crippen molar-refractivity contribution in [2.24, 2.45) is 5.41 Å². The van der Waals surface area contributed by atoms with Gasteiger partial charge in [-0.2, -0.15) is 0 Å². The summed E-state index contributed by atoms with van der Waals surface area (Å²) in [6.45, 7) is 8.54. The number of allylic oxidation sites excluding steroid dienone is 6. The molecule has 0 atom stereocenters. The molecule has 0 spiro atoms. The zero-order valence-electron chi connectivity index (χ0n) is 9.42. The third-order valence-corrected chi connectivity index (χ3v) is 2.49. The fourth-order valence-electron chi connectivity index (χ4n) is 1.99. The van der Waals surface area contributed by atoms with E-state index in [1.54, 1.807) is 6.08 Å². The normalized spacial score (nSPS) is 21.3. The van der Waals surface area contributed by atoms with Gasteiger partial charge in [0.25, 0.3) is 0 Å². The van der Waals surface area contributed by atoms with Gasteiger partial charge in [0.15, 0.2) is 0 Å². The van der Waals surface area contributed by atoms with E-state index in [2.05, 4.69) is 32.9 Å². The van der Waals surface area contributed by atoms with Crippen LogP contribution < -0.4 is 0 Å². The molecule has 0 aromatic rings. The van der Waals surface area contributed by atoms with Crippen molar-refractivity contribution in [3.63, 3.8) is 0 Å². The van der Waals surface area contributed by atoms with E-state index in [9.17, 15) is 4.79 Å². The van der Waals surface area contributed by atoms with Gasteiger partial charge in [-0.3, -0.25) is 4.79 Å². The Morgan fingerprint density at radius 3 is 2.64 bits per heavy atom. The fraction of sp³-hybridized carbons (Fsp3) is 0.462. The van der Waals surface area contributed by atoms with Gasteiger partial charge in [0.1, 0.15) is 6.29 Å². The molecule has 0 aliphatic heterocycles. The van der Waals surface area contributed by atoms with E-state index in [0.29, 0.717) is 0 Å². The lowest BCUT2D eigenvalue weighted by Crippen LogP contribution is -2.13. The quantitative estimate of drug-likeness (QED) is 0.481. The van der Waals surface area contributed by atoms with Gasteiger partial charge in [0, 0.05) is 0 Å². The third kappa shape index (κ3) is 2.69. The SMILES string of the molecule is CC1=CC(C)(C)CC(/C(C)=C/C=O)=C1. The molecule has 0 aromatic heterocycles. The minimum Gasteiger partial charge on any atom is -0.299 e. The lowest BCUT2D eigenvalue weighted by Gasteiger charge is -2.27. The van der Waals surface area contributed by atoms with Gasteiger partial charge in [-0.25, -0.2) is 0 Å². The lowest BCUT2D eigenvalue weighted by atomic mass is 9.78. The standard InChI is InChI=1S/C13H18O/c1-10-7-12(11(2)5-6-14)9-13(3,4)8-10/h5-8H,9H2,1-4H3/b11-5+. The van der Waals surface area contributed by atoms with E-state index in [4.69, 9.17) is 0 Å². The summed E-state index contributed by atoms with van der Waals surface area (Å²) in [7, 11) is 0. The van der Waals surface area contributed by atoms with Gasteiger partial charge < -0.3 is 0 Å². The van der Waals surface area contributed by atoms with Crippen LogP contribution >= 0.6 is 0 Å². The first-order chi connectivity index (χ1) is 6.44. The van der Waals surface area contributed by atoms with Crippen LogP contribution in [0.4, 0.5) is 0 Å². The zero-order chi connectivity index (χ0) is 10.8. The summed E-state index contributed by atoms with van der Waals surface area (Å²) < 4.78 is 0. The number of aldehydes is 1. The van der Waals surface area contributed by atoms with Crippen molar-refractivity contribution in [2.45, 2.75) is 34.1 Å². The van der Waals surface area contributed by atoms with Crippen LogP contribution in [-0.2, 0) is 4.79 Å². The van der Waals surface area contributed by atoms with Gasteiger partial charge in [0.2, 0.25) is 0 Å². The molecule has 76 valence electrons. The van der Waals surface area contributed by atoms with E-state index in [-0.39, 0.29) is 5.41 Å². The van der Waals surface area contributed by atoms with Crippen LogP contribution in [0, 0.1) is 5.41 Å². The highest BCUT2D eigenvalue weighted by atomic mass is 16.1. The maximum atomic E-state index is 10.4. The van der Waals surface area contributed by atoms with Crippen molar-refractivity contribution in [1.82, 2.24) is 0 Å². The largest absolute Gasteiger partial charge is 0.299 e. The summed E-state index contributed by atoms with van der Waals surface area (Å²) in [5, 5.41) is 0. The Balaban J connectivity index is 2.98. The second-order valence-electron chi connectivity index (χ2n) is 4.71. The molecule has 1 aliphatic rings. The van der Waals surface area contributed by atoms with E-state index in [1.807, 2.05) is 6.92 Å². The topological polar surface area (TPSA) is 17.1 Å². The lowest BCUT2D eigenvalue weighted by molar-refractivity contribution is -0.104. The zero-order valence-corrected chi connectivity index (χ0v) is 9.42. The molecule has 14 heavy (non-hydrogen) atoms. The summed E-state index contributed by atoms with van der Waals surface area (Å²) in [6.07, 6.45) is 7.96. The van der Waals surface area contributed by atoms with E-state index in [0.717, 1.165) is 18.3 Å². The molecule has 0 N–H and O–H groups in total. The van der Waals surface area contributed by atoms with Crippen LogP contribution in [0.2, 0.25) is 0 Å². The van der Waals surface area contributed by atoms with Gasteiger partial charge >= 0.3 is 0 Å². The molecular formula is C13H18O. The molecule has 0 saturated heterocycles. The van der Waals surface area contributed by atoms with Crippen LogP contribution in [0.15, 0.2) is 34.9 Å². The molecule has 0 fully saturated rings. The van der Waals surface area contributed by atoms with Crippen molar-refractivity contribution >= 4 is 6.29 Å². The molecule has 0 heterocycles. The first-order valence-corrected chi connectivity index (χ1v) is 4.97. The third-order valence-electron chi connectivity index (χ3n) is 2.49. The van der Waals surface area contributed by atoms with Crippen LogP contribution in [-0.4, -0.2) is 6.29 Å². The number of carbonyl (C=O) groups excluding carboxylic acids is 1. The summed E-state index contributed by atoms with van der Waals surface area (Å²) >= 11 is 0. The molecular weight excluding hydrogens is 172 g/mol. The van der Waals surface area contributed by atoms with Crippen molar-refractivity contribution in [2.75, 3.05) is 0 Å². The van der Waals surface area contributed by atoms with Crippen molar-refractivity contribution in [3.05, 3.63) is 34.9 Å². The second-order valence-corrected chi connectivity index (χ2v) is 4.71. The molecule has 0 amide bonds. The van der Waals surface area contributed by atoms with E-state index in [1.165, 1.54) is 11.1 Å². The monoisotopic (exact) mass is 190 g/mol. The predicted molar refractivity (Wildman–Crippen MR) is 60.1 cm³/mol. The highest BCUT2D eigenvalue weighted by Crippen LogP contribution is 2.35. The highest BCUT2D eigenvalue weighted by Gasteiger charge is 2.21. The van der Waals surface area contributed by atoms with Crippen molar-refractivity contribution in [3.8, 4) is 0 Å². The Bertz CT molecular complexity index is 327. The first kappa shape index (κ1) is 11.0. The molecule has 1 aliphatic carbocycles. The number of rotatable bonds is 2. The Morgan fingerprint density at radius 1 is 1.50 bits per heavy atom. The molecule has 1 nitrogen and oxygen atoms in total. The molecule has 0 saturated carbocycles. The molecule has 1 heteroatoms. The Hall–Kier alpha value is -1.11. The number of hydrogen-bond donors (Lipinski definition) is 0. The van der Waals surface area contributed by atoms with Gasteiger partial charge in [-0.05, 0) is 42.9 Å². The van der Waals surface area contributed by atoms with E-state index < -0.39 is 0 Å². The van der Waals surface area contributed by atoms with Gasteiger partial charge in [0.05, 0.1) is 0 Å². The number of carbonyl (C=O) groups is 1. The maximum Gasteiger partial charge on any atom is 0.143 e. The van der Waals surface area contributed by atoms with Crippen molar-refractivity contribution < 1.29 is 4.79 Å². The molecule has 0 bridgehead atoms. The van der Waals surface area contributed by atoms with Crippen LogP contribution in [0.25, 0.3) is 0 Å². The van der Waals surface area contributed by atoms with E-state index >= 15 is 0 Å². The number of hydrogen-bond acceptors (Lipinski definition) is 1. The summed E-state index contributed by atoms with van der Waals surface area (Å²) in [5.74, 6) is 0. The summed E-state index contributed by atoms with van der Waals surface area (Å²) in [5.41, 5.74) is 3.86. The predicted octanol–water partition coefficient (Wildman–Crippen LogP) is 3.43. The molecule has 0 radical (unpaired) electrons. The molecule has 1 rings (SSSR count). The summed E-state index contributed by atoms with van der Waals surface area (Å²) in [4.78, 5) is 10.4. The first-order valence-electron chi connectivity index (χ1n) is 4.97. The second kappa shape index (κ2) is 3.95.